The molecule has 1 aliphatic heterocycles. The SMILES string of the molecule is O=C(CC1CNC1)Nc1cc(F)c(F)cc1F. The van der Waals surface area contributed by atoms with Gasteiger partial charge < -0.3 is 10.6 Å². The van der Waals surface area contributed by atoms with E-state index in [1.165, 1.54) is 0 Å². The van der Waals surface area contributed by atoms with Crippen molar-refractivity contribution in [1.82, 2.24) is 5.32 Å². The van der Waals surface area contributed by atoms with Gasteiger partial charge in [0.15, 0.2) is 11.6 Å². The van der Waals surface area contributed by atoms with Crippen molar-refractivity contribution < 1.29 is 18.0 Å². The highest BCUT2D eigenvalue weighted by atomic mass is 19.2. The highest BCUT2D eigenvalue weighted by Gasteiger charge is 2.21. The standard InChI is InChI=1S/C11H11F3N2O/c12-7-2-9(14)10(3-8(7)13)16-11(17)1-6-4-15-5-6/h2-3,6,15H,1,4-5H2,(H,16,17). The minimum absolute atomic E-state index is 0.225. The monoisotopic (exact) mass is 244 g/mol. The van der Waals surface area contributed by atoms with Crippen LogP contribution in [0.15, 0.2) is 12.1 Å². The van der Waals surface area contributed by atoms with Crippen molar-refractivity contribution in [3.63, 3.8) is 0 Å². The predicted molar refractivity (Wildman–Crippen MR) is 55.9 cm³/mol. The molecule has 1 aromatic carbocycles. The van der Waals surface area contributed by atoms with Gasteiger partial charge in [-0.15, -0.1) is 0 Å². The quantitative estimate of drug-likeness (QED) is 0.794. The number of hydrogen-bond donors (Lipinski definition) is 2. The van der Waals surface area contributed by atoms with Crippen LogP contribution in [0.4, 0.5) is 18.9 Å². The van der Waals surface area contributed by atoms with E-state index in [-0.39, 0.29) is 18.0 Å². The van der Waals surface area contributed by atoms with Gasteiger partial charge in [-0.1, -0.05) is 0 Å². The third-order valence-electron chi connectivity index (χ3n) is 2.62. The van der Waals surface area contributed by atoms with Crippen molar-refractivity contribution >= 4 is 11.6 Å². The van der Waals surface area contributed by atoms with E-state index < -0.39 is 23.4 Å². The molecule has 0 aromatic heterocycles. The summed E-state index contributed by atoms with van der Waals surface area (Å²) in [5.41, 5.74) is -0.332. The Morgan fingerprint density at radius 3 is 2.47 bits per heavy atom. The fourth-order valence-electron chi connectivity index (χ4n) is 1.57. The highest BCUT2D eigenvalue weighted by molar-refractivity contribution is 5.91. The molecule has 2 rings (SSSR count). The summed E-state index contributed by atoms with van der Waals surface area (Å²) >= 11 is 0. The van der Waals surface area contributed by atoms with Crippen LogP contribution in [-0.4, -0.2) is 19.0 Å². The smallest absolute Gasteiger partial charge is 0.224 e. The van der Waals surface area contributed by atoms with Crippen LogP contribution >= 0.6 is 0 Å². The Bertz CT molecular complexity index is 447. The van der Waals surface area contributed by atoms with Crippen molar-refractivity contribution in [2.45, 2.75) is 6.42 Å². The lowest BCUT2D eigenvalue weighted by molar-refractivity contribution is -0.117. The minimum Gasteiger partial charge on any atom is -0.323 e. The number of anilines is 1. The number of benzene rings is 1. The molecule has 0 radical (unpaired) electrons. The topological polar surface area (TPSA) is 41.1 Å². The number of hydrogen-bond acceptors (Lipinski definition) is 2. The summed E-state index contributed by atoms with van der Waals surface area (Å²) in [6.45, 7) is 1.49. The fraction of sp³-hybridized carbons (Fsp3) is 0.364. The third-order valence-corrected chi connectivity index (χ3v) is 2.62. The first kappa shape index (κ1) is 11.9. The van der Waals surface area contributed by atoms with E-state index in [1.54, 1.807) is 0 Å². The van der Waals surface area contributed by atoms with Crippen LogP contribution in [0.5, 0.6) is 0 Å². The van der Waals surface area contributed by atoms with Gasteiger partial charge in [-0.25, -0.2) is 13.2 Å². The van der Waals surface area contributed by atoms with Crippen LogP contribution in [0.25, 0.3) is 0 Å². The molecular formula is C11H11F3N2O. The van der Waals surface area contributed by atoms with Gasteiger partial charge in [0.25, 0.3) is 0 Å². The van der Waals surface area contributed by atoms with E-state index in [4.69, 9.17) is 0 Å². The van der Waals surface area contributed by atoms with Gasteiger partial charge in [0.1, 0.15) is 5.82 Å². The predicted octanol–water partition coefficient (Wildman–Crippen LogP) is 1.65. The van der Waals surface area contributed by atoms with E-state index in [2.05, 4.69) is 10.6 Å². The number of amides is 1. The Kier molecular flexibility index (Phi) is 3.33. The Morgan fingerprint density at radius 1 is 1.24 bits per heavy atom. The van der Waals surface area contributed by atoms with Gasteiger partial charge in [-0.05, 0) is 19.0 Å². The second-order valence-corrected chi connectivity index (χ2v) is 4.02. The first-order chi connectivity index (χ1) is 8.06. The van der Waals surface area contributed by atoms with Gasteiger partial charge in [0.05, 0.1) is 5.69 Å². The highest BCUT2D eigenvalue weighted by Crippen LogP contribution is 2.19. The lowest BCUT2D eigenvalue weighted by Crippen LogP contribution is -2.43. The van der Waals surface area contributed by atoms with Crippen molar-refractivity contribution in [2.75, 3.05) is 18.4 Å². The van der Waals surface area contributed by atoms with Gasteiger partial charge in [-0.2, -0.15) is 0 Å². The number of rotatable bonds is 3. The molecular weight excluding hydrogens is 233 g/mol. The van der Waals surface area contributed by atoms with Crippen molar-refractivity contribution in [3.8, 4) is 0 Å². The van der Waals surface area contributed by atoms with Crippen LogP contribution in [-0.2, 0) is 4.79 Å². The minimum atomic E-state index is -1.27. The lowest BCUT2D eigenvalue weighted by Gasteiger charge is -2.26. The van der Waals surface area contributed by atoms with Crippen LogP contribution in [0.2, 0.25) is 0 Å². The summed E-state index contributed by atoms with van der Waals surface area (Å²) in [4.78, 5) is 11.4. The molecule has 3 nitrogen and oxygen atoms in total. The normalized spacial score (nSPS) is 15.5. The molecule has 1 saturated heterocycles. The Labute approximate surface area is 96.0 Å². The largest absolute Gasteiger partial charge is 0.323 e. The van der Waals surface area contributed by atoms with E-state index in [0.29, 0.717) is 12.1 Å². The molecule has 1 aromatic rings. The van der Waals surface area contributed by atoms with Gasteiger partial charge in [-0.3, -0.25) is 4.79 Å². The lowest BCUT2D eigenvalue weighted by atomic mass is 9.99. The van der Waals surface area contributed by atoms with Crippen LogP contribution in [0.3, 0.4) is 0 Å². The van der Waals surface area contributed by atoms with E-state index >= 15 is 0 Å². The molecule has 1 fully saturated rings. The molecule has 92 valence electrons. The van der Waals surface area contributed by atoms with Crippen LogP contribution < -0.4 is 10.6 Å². The van der Waals surface area contributed by atoms with Gasteiger partial charge in [0.2, 0.25) is 5.91 Å². The molecule has 0 atom stereocenters. The van der Waals surface area contributed by atoms with Gasteiger partial charge in [0, 0.05) is 18.6 Å². The van der Waals surface area contributed by atoms with Crippen molar-refractivity contribution in [2.24, 2.45) is 5.92 Å². The molecule has 0 bridgehead atoms. The summed E-state index contributed by atoms with van der Waals surface area (Å²) in [6.07, 6.45) is 0.242. The van der Waals surface area contributed by atoms with Crippen molar-refractivity contribution in [3.05, 3.63) is 29.6 Å². The molecule has 0 saturated carbocycles. The molecule has 0 aliphatic carbocycles. The molecule has 0 spiro atoms. The van der Waals surface area contributed by atoms with Crippen LogP contribution in [0.1, 0.15) is 6.42 Å². The van der Waals surface area contributed by atoms with E-state index in [9.17, 15) is 18.0 Å². The average Bonchev–Trinajstić information content (AvgIpc) is 2.20. The number of halogens is 3. The zero-order valence-corrected chi connectivity index (χ0v) is 8.90. The number of carbonyl (C=O) groups is 1. The third kappa shape index (κ3) is 2.76. The summed E-state index contributed by atoms with van der Waals surface area (Å²) < 4.78 is 38.7. The molecule has 1 heterocycles. The second-order valence-electron chi connectivity index (χ2n) is 4.02. The van der Waals surface area contributed by atoms with Crippen molar-refractivity contribution in [1.29, 1.82) is 0 Å². The molecule has 6 heteroatoms. The van der Waals surface area contributed by atoms with E-state index in [1.807, 2.05) is 0 Å². The summed E-state index contributed by atoms with van der Waals surface area (Å²) in [7, 11) is 0. The Balaban J connectivity index is 2.02. The fourth-order valence-corrected chi connectivity index (χ4v) is 1.57. The van der Waals surface area contributed by atoms with Gasteiger partial charge >= 0.3 is 0 Å². The second kappa shape index (κ2) is 4.75. The molecule has 1 amide bonds. The maximum Gasteiger partial charge on any atom is 0.224 e. The Morgan fingerprint density at radius 2 is 1.88 bits per heavy atom. The average molecular weight is 244 g/mol. The number of nitrogens with one attached hydrogen (secondary N) is 2. The summed E-state index contributed by atoms with van der Waals surface area (Å²) in [6, 6.07) is 1.05. The first-order valence-corrected chi connectivity index (χ1v) is 5.21. The first-order valence-electron chi connectivity index (χ1n) is 5.21. The molecule has 2 N–H and O–H groups in total. The molecule has 0 unspecified atom stereocenters. The summed E-state index contributed by atoms with van der Waals surface area (Å²) in [5, 5.41) is 5.22. The zero-order valence-electron chi connectivity index (χ0n) is 8.90. The maximum absolute atomic E-state index is 13.2. The van der Waals surface area contributed by atoms with E-state index in [0.717, 1.165) is 13.1 Å². The zero-order chi connectivity index (χ0) is 12.4. The number of carbonyl (C=O) groups excluding carboxylic acids is 1. The van der Waals surface area contributed by atoms with Crippen LogP contribution in [0, 0.1) is 23.4 Å². The Hall–Kier alpha value is -1.56. The molecule has 17 heavy (non-hydrogen) atoms. The molecule has 1 aliphatic rings. The maximum atomic E-state index is 13.2. The summed E-state index contributed by atoms with van der Waals surface area (Å²) in [5.74, 6) is -3.62.